The zero-order chi connectivity index (χ0) is 14.5. The van der Waals surface area contributed by atoms with E-state index in [1.165, 1.54) is 0 Å². The number of anilines is 1. The minimum absolute atomic E-state index is 0.222. The highest BCUT2D eigenvalue weighted by molar-refractivity contribution is 7.80. The molecule has 0 aromatic heterocycles. The first-order chi connectivity index (χ1) is 9.54. The summed E-state index contributed by atoms with van der Waals surface area (Å²) in [6.07, 6.45) is 2.73. The normalized spacial score (nSPS) is 17.1. The molecule has 0 aliphatic heterocycles. The first-order valence-corrected chi connectivity index (χ1v) is 7.30. The van der Waals surface area contributed by atoms with E-state index in [2.05, 4.69) is 15.8 Å². The van der Waals surface area contributed by atoms with Gasteiger partial charge in [0.2, 0.25) is 0 Å². The molecule has 1 fully saturated rings. The van der Waals surface area contributed by atoms with Crippen molar-refractivity contribution >= 4 is 57.7 Å². The standard InChI is InChI=1S/C13H13Cl2N3OS/c14-11-5-4-8(7-12(11)15)16-13(20)18-17-9-2-1-3-10(19)6-9/h4-5,7H,1-3,6H2,(H2,16,18,20)/b17-9+. The summed E-state index contributed by atoms with van der Waals surface area (Å²) in [5.74, 6) is 0.222. The van der Waals surface area contributed by atoms with Crippen LogP contribution in [0.15, 0.2) is 23.3 Å². The number of Topliss-reactive ketones (excluding diaryl/α,β-unsaturated/α-hetero) is 1. The molecule has 1 aromatic carbocycles. The molecule has 0 saturated heterocycles. The Morgan fingerprint density at radius 1 is 1.25 bits per heavy atom. The SMILES string of the molecule is O=C1CCC/C(=N\NC(=S)Nc2ccc(Cl)c(Cl)c2)C1. The number of nitrogens with one attached hydrogen (secondary N) is 2. The molecule has 7 heteroatoms. The van der Waals surface area contributed by atoms with E-state index in [0.29, 0.717) is 28.0 Å². The number of thiocarbonyl (C=S) groups is 1. The predicted molar refractivity (Wildman–Crippen MR) is 86.7 cm³/mol. The number of benzene rings is 1. The molecule has 2 rings (SSSR count). The van der Waals surface area contributed by atoms with Crippen LogP contribution in [-0.2, 0) is 4.79 Å². The van der Waals surface area contributed by atoms with Crippen molar-refractivity contribution in [2.24, 2.45) is 5.10 Å². The fraction of sp³-hybridized carbons (Fsp3) is 0.308. The summed E-state index contributed by atoms with van der Waals surface area (Å²) in [5, 5.41) is 8.37. The van der Waals surface area contributed by atoms with Crippen molar-refractivity contribution < 1.29 is 4.79 Å². The zero-order valence-electron chi connectivity index (χ0n) is 10.6. The molecule has 0 unspecified atom stereocenters. The molecule has 4 nitrogen and oxygen atoms in total. The van der Waals surface area contributed by atoms with Gasteiger partial charge in [-0.05, 0) is 43.3 Å². The second kappa shape index (κ2) is 7.02. The summed E-state index contributed by atoms with van der Waals surface area (Å²) in [7, 11) is 0. The Morgan fingerprint density at radius 2 is 2.05 bits per heavy atom. The van der Waals surface area contributed by atoms with E-state index >= 15 is 0 Å². The minimum atomic E-state index is 0.222. The lowest BCUT2D eigenvalue weighted by molar-refractivity contribution is -0.118. The molecule has 0 spiro atoms. The lowest BCUT2D eigenvalue weighted by Gasteiger charge is -2.13. The summed E-state index contributed by atoms with van der Waals surface area (Å²) in [5.41, 5.74) is 4.29. The molecular weight excluding hydrogens is 317 g/mol. The van der Waals surface area contributed by atoms with Crippen molar-refractivity contribution in [3.63, 3.8) is 0 Å². The third-order valence-electron chi connectivity index (χ3n) is 2.82. The summed E-state index contributed by atoms with van der Waals surface area (Å²) in [6, 6.07) is 5.12. The fourth-order valence-electron chi connectivity index (χ4n) is 1.85. The number of halogens is 2. The van der Waals surface area contributed by atoms with Crippen molar-refractivity contribution in [1.29, 1.82) is 0 Å². The molecule has 106 valence electrons. The highest BCUT2D eigenvalue weighted by Crippen LogP contribution is 2.24. The van der Waals surface area contributed by atoms with Gasteiger partial charge in [0.25, 0.3) is 0 Å². The Morgan fingerprint density at radius 3 is 2.75 bits per heavy atom. The second-order valence-corrected chi connectivity index (χ2v) is 5.66. The van der Waals surface area contributed by atoms with E-state index in [0.717, 1.165) is 24.2 Å². The van der Waals surface area contributed by atoms with E-state index in [1.807, 2.05) is 0 Å². The van der Waals surface area contributed by atoms with Crippen LogP contribution in [0.3, 0.4) is 0 Å². The lowest BCUT2D eigenvalue weighted by atomic mass is 9.97. The summed E-state index contributed by atoms with van der Waals surface area (Å²) in [4.78, 5) is 11.3. The predicted octanol–water partition coefficient (Wildman–Crippen LogP) is 3.78. The number of hydrogen-bond acceptors (Lipinski definition) is 3. The van der Waals surface area contributed by atoms with Gasteiger partial charge < -0.3 is 5.32 Å². The number of hydrogen-bond donors (Lipinski definition) is 2. The Labute approximate surface area is 132 Å². The Kier molecular flexibility index (Phi) is 5.34. The van der Waals surface area contributed by atoms with Gasteiger partial charge in [-0.3, -0.25) is 10.2 Å². The molecule has 1 aliphatic carbocycles. The van der Waals surface area contributed by atoms with Crippen LogP contribution in [-0.4, -0.2) is 16.6 Å². The third-order valence-corrected chi connectivity index (χ3v) is 3.75. The van der Waals surface area contributed by atoms with Gasteiger partial charge in [-0.1, -0.05) is 23.2 Å². The van der Waals surface area contributed by atoms with Crippen LogP contribution in [0.4, 0.5) is 5.69 Å². The van der Waals surface area contributed by atoms with Crippen molar-refractivity contribution in [2.75, 3.05) is 5.32 Å². The average molecular weight is 330 g/mol. The maximum Gasteiger partial charge on any atom is 0.191 e. The minimum Gasteiger partial charge on any atom is -0.331 e. The number of carbonyl (C=O) groups is 1. The van der Waals surface area contributed by atoms with Crippen molar-refractivity contribution in [3.8, 4) is 0 Å². The quantitative estimate of drug-likeness (QED) is 0.640. The van der Waals surface area contributed by atoms with Gasteiger partial charge >= 0.3 is 0 Å². The van der Waals surface area contributed by atoms with Crippen LogP contribution in [0.1, 0.15) is 25.7 Å². The lowest BCUT2D eigenvalue weighted by Crippen LogP contribution is -2.26. The summed E-state index contributed by atoms with van der Waals surface area (Å²) >= 11 is 16.9. The number of carbonyl (C=O) groups excluding carboxylic acids is 1. The monoisotopic (exact) mass is 329 g/mol. The Balaban J connectivity index is 1.90. The molecular formula is C13H13Cl2N3OS. The van der Waals surface area contributed by atoms with Crippen LogP contribution in [0.2, 0.25) is 10.0 Å². The first kappa shape index (κ1) is 15.2. The van der Waals surface area contributed by atoms with Gasteiger partial charge in [0.05, 0.1) is 10.0 Å². The van der Waals surface area contributed by atoms with Gasteiger partial charge in [0.1, 0.15) is 5.78 Å². The van der Waals surface area contributed by atoms with Gasteiger partial charge in [-0.15, -0.1) is 0 Å². The van der Waals surface area contributed by atoms with E-state index in [-0.39, 0.29) is 5.78 Å². The van der Waals surface area contributed by atoms with Crippen LogP contribution in [0.25, 0.3) is 0 Å². The topological polar surface area (TPSA) is 53.5 Å². The molecule has 1 saturated carbocycles. The average Bonchev–Trinajstić information content (AvgIpc) is 2.41. The highest BCUT2D eigenvalue weighted by Gasteiger charge is 2.14. The smallest absolute Gasteiger partial charge is 0.191 e. The van der Waals surface area contributed by atoms with Crippen LogP contribution in [0, 0.1) is 0 Å². The first-order valence-electron chi connectivity index (χ1n) is 6.14. The van der Waals surface area contributed by atoms with Crippen molar-refractivity contribution in [3.05, 3.63) is 28.2 Å². The van der Waals surface area contributed by atoms with Gasteiger partial charge in [-0.2, -0.15) is 5.10 Å². The van der Waals surface area contributed by atoms with E-state index in [1.54, 1.807) is 18.2 Å². The van der Waals surface area contributed by atoms with Crippen molar-refractivity contribution in [2.45, 2.75) is 25.7 Å². The molecule has 0 bridgehead atoms. The number of nitrogens with zero attached hydrogens (tertiary/aromatic N) is 1. The van der Waals surface area contributed by atoms with Crippen LogP contribution >= 0.6 is 35.4 Å². The largest absolute Gasteiger partial charge is 0.331 e. The number of rotatable bonds is 2. The maximum absolute atomic E-state index is 11.3. The van der Waals surface area contributed by atoms with Crippen LogP contribution in [0.5, 0.6) is 0 Å². The number of hydrazone groups is 1. The number of ketones is 1. The van der Waals surface area contributed by atoms with Crippen LogP contribution < -0.4 is 10.7 Å². The Hall–Kier alpha value is -1.17. The molecule has 1 aliphatic rings. The Bertz CT molecular complexity index is 575. The van der Waals surface area contributed by atoms with Gasteiger partial charge in [0, 0.05) is 24.2 Å². The third kappa shape index (κ3) is 4.44. The summed E-state index contributed by atoms with van der Waals surface area (Å²) < 4.78 is 0. The van der Waals surface area contributed by atoms with E-state index < -0.39 is 0 Å². The molecule has 0 radical (unpaired) electrons. The molecule has 0 heterocycles. The highest BCUT2D eigenvalue weighted by atomic mass is 35.5. The van der Waals surface area contributed by atoms with Gasteiger partial charge in [-0.25, -0.2) is 0 Å². The molecule has 0 atom stereocenters. The molecule has 1 aromatic rings. The summed E-state index contributed by atoms with van der Waals surface area (Å²) in [6.45, 7) is 0. The zero-order valence-corrected chi connectivity index (χ0v) is 12.9. The molecule has 2 N–H and O–H groups in total. The van der Waals surface area contributed by atoms with Gasteiger partial charge in [0.15, 0.2) is 5.11 Å². The van der Waals surface area contributed by atoms with E-state index in [9.17, 15) is 4.79 Å². The van der Waals surface area contributed by atoms with E-state index in [4.69, 9.17) is 35.4 Å². The maximum atomic E-state index is 11.3. The second-order valence-electron chi connectivity index (χ2n) is 4.44. The molecule has 20 heavy (non-hydrogen) atoms. The fourth-order valence-corrected chi connectivity index (χ4v) is 2.31. The molecule has 0 amide bonds. The van der Waals surface area contributed by atoms with Crippen molar-refractivity contribution in [1.82, 2.24) is 5.43 Å².